The fourth-order valence-corrected chi connectivity index (χ4v) is 3.32. The predicted molar refractivity (Wildman–Crippen MR) is 85.3 cm³/mol. The second-order valence-corrected chi connectivity index (χ2v) is 6.80. The van der Waals surface area contributed by atoms with Gasteiger partial charge in [-0.15, -0.1) is 0 Å². The molecule has 0 aliphatic rings. The molecule has 3 nitrogen and oxygen atoms in total. The summed E-state index contributed by atoms with van der Waals surface area (Å²) < 4.78 is 1.11. The zero-order chi connectivity index (χ0) is 14.0. The highest BCUT2D eigenvalue weighted by atomic mass is 79.9. The van der Waals surface area contributed by atoms with Crippen molar-refractivity contribution in [2.75, 3.05) is 5.32 Å². The first-order valence-electron chi connectivity index (χ1n) is 6.34. The Kier molecular flexibility index (Phi) is 4.58. The van der Waals surface area contributed by atoms with Gasteiger partial charge < -0.3 is 5.32 Å². The molecule has 1 unspecified atom stereocenters. The highest BCUT2D eigenvalue weighted by Gasteiger charge is 2.15. The monoisotopic (exact) mass is 340 g/mol. The summed E-state index contributed by atoms with van der Waals surface area (Å²) in [5.74, 6) is -0.0191. The SMILES string of the molecule is CCCC(Br)C(=O)Nc1nc2cc(C)c(C)cc2s1. The van der Waals surface area contributed by atoms with Crippen molar-refractivity contribution in [3.05, 3.63) is 23.3 Å². The molecule has 1 N–H and O–H groups in total. The van der Waals surface area contributed by atoms with Gasteiger partial charge in [-0.3, -0.25) is 4.79 Å². The Balaban J connectivity index is 2.20. The number of nitrogens with one attached hydrogen (secondary N) is 1. The minimum Gasteiger partial charge on any atom is -0.301 e. The van der Waals surface area contributed by atoms with Crippen LogP contribution in [0.15, 0.2) is 12.1 Å². The average molecular weight is 341 g/mol. The summed E-state index contributed by atoms with van der Waals surface area (Å²) >= 11 is 4.91. The molecule has 5 heteroatoms. The van der Waals surface area contributed by atoms with E-state index >= 15 is 0 Å². The number of fused-ring (bicyclic) bond motifs is 1. The summed E-state index contributed by atoms with van der Waals surface area (Å²) in [5.41, 5.74) is 3.42. The number of hydrogen-bond acceptors (Lipinski definition) is 3. The quantitative estimate of drug-likeness (QED) is 0.837. The fraction of sp³-hybridized carbons (Fsp3) is 0.429. The summed E-state index contributed by atoms with van der Waals surface area (Å²) in [5, 5.41) is 3.55. The Hall–Kier alpha value is -0.940. The number of carbonyl (C=O) groups is 1. The van der Waals surface area contributed by atoms with Crippen LogP contribution in [0.2, 0.25) is 0 Å². The summed E-state index contributed by atoms with van der Waals surface area (Å²) in [6.07, 6.45) is 1.80. The number of alkyl halides is 1. The van der Waals surface area contributed by atoms with E-state index in [-0.39, 0.29) is 10.7 Å². The molecule has 1 atom stereocenters. The third-order valence-electron chi connectivity index (χ3n) is 3.06. The largest absolute Gasteiger partial charge is 0.301 e. The molecule has 1 heterocycles. The van der Waals surface area contributed by atoms with Crippen molar-refractivity contribution < 1.29 is 4.79 Å². The van der Waals surface area contributed by atoms with Crippen molar-refractivity contribution >= 4 is 48.5 Å². The Morgan fingerprint density at radius 3 is 2.79 bits per heavy atom. The molecule has 0 bridgehead atoms. The summed E-state index contributed by atoms with van der Waals surface area (Å²) in [6.45, 7) is 6.22. The number of benzene rings is 1. The number of amides is 1. The number of aryl methyl sites for hydroxylation is 2. The van der Waals surface area contributed by atoms with Gasteiger partial charge in [-0.25, -0.2) is 4.98 Å². The van der Waals surface area contributed by atoms with Gasteiger partial charge in [0.25, 0.3) is 0 Å². The number of thiazole rings is 1. The van der Waals surface area contributed by atoms with Crippen molar-refractivity contribution in [2.24, 2.45) is 0 Å². The number of rotatable bonds is 4. The van der Waals surface area contributed by atoms with Crippen molar-refractivity contribution in [1.82, 2.24) is 4.98 Å². The van der Waals surface area contributed by atoms with E-state index in [4.69, 9.17) is 0 Å². The van der Waals surface area contributed by atoms with Gasteiger partial charge in [-0.2, -0.15) is 0 Å². The predicted octanol–water partition coefficient (Wildman–Crippen LogP) is 4.42. The Labute approximate surface area is 125 Å². The lowest BCUT2D eigenvalue weighted by atomic mass is 10.1. The van der Waals surface area contributed by atoms with Crippen molar-refractivity contribution in [3.8, 4) is 0 Å². The Morgan fingerprint density at radius 1 is 1.42 bits per heavy atom. The second-order valence-electron chi connectivity index (χ2n) is 4.67. The second kappa shape index (κ2) is 6.01. The van der Waals surface area contributed by atoms with E-state index in [9.17, 15) is 4.79 Å². The fourth-order valence-electron chi connectivity index (χ4n) is 1.80. The summed E-state index contributed by atoms with van der Waals surface area (Å²) in [7, 11) is 0. The lowest BCUT2D eigenvalue weighted by molar-refractivity contribution is -0.115. The van der Waals surface area contributed by atoms with E-state index in [1.165, 1.54) is 22.5 Å². The van der Waals surface area contributed by atoms with Crippen LogP contribution in [-0.4, -0.2) is 15.7 Å². The number of aromatic nitrogens is 1. The Bertz CT molecular complexity index is 570. The van der Waals surface area contributed by atoms with Gasteiger partial charge in [0.2, 0.25) is 5.91 Å². The van der Waals surface area contributed by atoms with E-state index in [1.54, 1.807) is 0 Å². The highest BCUT2D eigenvalue weighted by molar-refractivity contribution is 9.10. The lowest BCUT2D eigenvalue weighted by Crippen LogP contribution is -2.22. The molecule has 0 aliphatic heterocycles. The standard InChI is InChI=1S/C14H17BrN2OS/c1-4-5-10(15)13(18)17-14-16-11-6-8(2)9(3)7-12(11)19-14/h6-7,10H,4-5H2,1-3H3,(H,16,17,18). The van der Waals surface area contributed by atoms with Gasteiger partial charge in [0.15, 0.2) is 5.13 Å². The van der Waals surface area contributed by atoms with E-state index in [2.05, 4.69) is 59.1 Å². The average Bonchev–Trinajstić information content (AvgIpc) is 2.71. The zero-order valence-electron chi connectivity index (χ0n) is 11.3. The number of halogens is 1. The molecule has 0 aliphatic carbocycles. The number of carbonyl (C=O) groups excluding carboxylic acids is 1. The molecule has 2 rings (SSSR count). The van der Waals surface area contributed by atoms with E-state index in [0.717, 1.165) is 23.1 Å². The molecule has 19 heavy (non-hydrogen) atoms. The molecular formula is C14H17BrN2OS. The van der Waals surface area contributed by atoms with Crippen LogP contribution in [0.5, 0.6) is 0 Å². The first-order valence-corrected chi connectivity index (χ1v) is 8.07. The summed E-state index contributed by atoms with van der Waals surface area (Å²) in [6, 6.07) is 4.18. The van der Waals surface area contributed by atoms with Crippen molar-refractivity contribution in [3.63, 3.8) is 0 Å². The third-order valence-corrected chi connectivity index (χ3v) is 4.87. The van der Waals surface area contributed by atoms with Crippen molar-refractivity contribution in [2.45, 2.75) is 38.4 Å². The first kappa shape index (κ1) is 14.5. The number of nitrogens with zero attached hydrogens (tertiary/aromatic N) is 1. The van der Waals surface area contributed by atoms with Gasteiger partial charge >= 0.3 is 0 Å². The molecule has 2 aromatic rings. The van der Waals surface area contributed by atoms with Crippen molar-refractivity contribution in [1.29, 1.82) is 0 Å². The molecule has 0 fully saturated rings. The molecule has 1 aromatic heterocycles. The van der Waals surface area contributed by atoms with Crippen LogP contribution in [0.25, 0.3) is 10.2 Å². The normalized spacial score (nSPS) is 12.6. The topological polar surface area (TPSA) is 42.0 Å². The van der Waals surface area contributed by atoms with Crippen LogP contribution >= 0.6 is 27.3 Å². The maximum Gasteiger partial charge on any atom is 0.239 e. The molecule has 0 radical (unpaired) electrons. The minimum absolute atomic E-state index is 0.0191. The Morgan fingerprint density at radius 2 is 2.11 bits per heavy atom. The van der Waals surface area contributed by atoms with E-state index in [1.807, 2.05) is 0 Å². The maximum atomic E-state index is 11.9. The highest BCUT2D eigenvalue weighted by Crippen LogP contribution is 2.28. The van der Waals surface area contributed by atoms with Crippen LogP contribution in [0, 0.1) is 13.8 Å². The van der Waals surface area contributed by atoms with Crippen LogP contribution in [0.1, 0.15) is 30.9 Å². The van der Waals surface area contributed by atoms with Crippen LogP contribution in [0.3, 0.4) is 0 Å². The van der Waals surface area contributed by atoms with Gasteiger partial charge in [-0.05, 0) is 43.5 Å². The minimum atomic E-state index is -0.145. The molecule has 0 spiro atoms. The van der Waals surface area contributed by atoms with Crippen LogP contribution < -0.4 is 5.32 Å². The smallest absolute Gasteiger partial charge is 0.239 e. The summed E-state index contributed by atoms with van der Waals surface area (Å²) in [4.78, 5) is 16.2. The van der Waals surface area contributed by atoms with Crippen LogP contribution in [-0.2, 0) is 4.79 Å². The van der Waals surface area contributed by atoms with E-state index < -0.39 is 0 Å². The first-order chi connectivity index (χ1) is 9.01. The van der Waals surface area contributed by atoms with Gasteiger partial charge in [-0.1, -0.05) is 40.6 Å². The molecular weight excluding hydrogens is 324 g/mol. The van der Waals surface area contributed by atoms with Gasteiger partial charge in [0.05, 0.1) is 15.0 Å². The number of hydrogen-bond donors (Lipinski definition) is 1. The number of anilines is 1. The third kappa shape index (κ3) is 3.34. The molecule has 1 aromatic carbocycles. The van der Waals surface area contributed by atoms with Crippen LogP contribution in [0.4, 0.5) is 5.13 Å². The molecule has 0 saturated carbocycles. The lowest BCUT2D eigenvalue weighted by Gasteiger charge is -2.06. The molecule has 102 valence electrons. The van der Waals surface area contributed by atoms with Gasteiger partial charge in [0, 0.05) is 0 Å². The zero-order valence-corrected chi connectivity index (χ0v) is 13.7. The molecule has 0 saturated heterocycles. The molecule has 1 amide bonds. The van der Waals surface area contributed by atoms with E-state index in [0.29, 0.717) is 5.13 Å². The van der Waals surface area contributed by atoms with Gasteiger partial charge in [0.1, 0.15) is 0 Å². The maximum absolute atomic E-state index is 11.9.